The zero-order chi connectivity index (χ0) is 62.2. The Bertz CT molecular complexity index is 5310. The van der Waals surface area contributed by atoms with E-state index in [1.807, 2.05) is 0 Å². The van der Waals surface area contributed by atoms with Crippen LogP contribution in [-0.2, 0) is 12.8 Å². The lowest BCUT2D eigenvalue weighted by Gasteiger charge is -2.19. The molecule has 2 heterocycles. The fourth-order valence-corrected chi connectivity index (χ4v) is 14.8. The average molecular weight is 1170 g/mol. The normalized spacial score (nSPS) is 11.7. The molecule has 0 unspecified atom stereocenters. The minimum absolute atomic E-state index is 0.651. The van der Waals surface area contributed by atoms with Crippen molar-refractivity contribution in [3.63, 3.8) is 0 Å². The molecule has 0 saturated carbocycles. The van der Waals surface area contributed by atoms with Crippen molar-refractivity contribution >= 4 is 53.9 Å². The number of fused-ring (bicyclic) bond motifs is 7. The SMILES string of the molecule is Cc1cc(C)c(-c2nc(-c3c(C)cc(CCc4cc(C)c(-c5nc(-c6c(C)cccc6C)nc(-c6cc7c8ccccc8c(-c8ccccc8)cc7c7ccccc67)n5)c(C)c4)cc3C)nc(-c3c4ccccc4c(-c4ccccc4)c4ccccc34)n2)c(C)c1. The van der Waals surface area contributed by atoms with Crippen LogP contribution in [-0.4, -0.2) is 29.9 Å². The predicted molar refractivity (Wildman–Crippen MR) is 381 cm³/mol. The summed E-state index contributed by atoms with van der Waals surface area (Å²) in [6.45, 7) is 19.6. The first-order chi connectivity index (χ1) is 44.3. The molecule has 0 atom stereocenters. The van der Waals surface area contributed by atoms with E-state index in [1.54, 1.807) is 0 Å². The van der Waals surface area contributed by atoms with Gasteiger partial charge in [-0.15, -0.1) is 0 Å². The van der Waals surface area contributed by atoms with Crippen LogP contribution in [0.5, 0.6) is 0 Å². The summed E-state index contributed by atoms with van der Waals surface area (Å²) < 4.78 is 0. The van der Waals surface area contributed by atoms with Crippen molar-refractivity contribution in [1.82, 2.24) is 29.9 Å². The van der Waals surface area contributed by atoms with Crippen LogP contribution in [0.2, 0.25) is 0 Å². The van der Waals surface area contributed by atoms with Crippen molar-refractivity contribution in [2.45, 2.75) is 75.2 Å². The Morgan fingerprint density at radius 1 is 0.209 bits per heavy atom. The fraction of sp³-hybridized carbons (Fsp3) is 0.129. The summed E-state index contributed by atoms with van der Waals surface area (Å²) >= 11 is 0. The highest BCUT2D eigenvalue weighted by atomic mass is 15.0. The molecular formula is C85H68N6. The molecule has 0 saturated heterocycles. The maximum absolute atomic E-state index is 5.54. The zero-order valence-electron chi connectivity index (χ0n) is 53.0. The lowest BCUT2D eigenvalue weighted by Crippen LogP contribution is -2.06. The summed E-state index contributed by atoms with van der Waals surface area (Å²) in [6, 6.07) is 81.3. The molecule has 0 spiro atoms. The smallest absolute Gasteiger partial charge is 0.165 e. The second kappa shape index (κ2) is 23.0. The topological polar surface area (TPSA) is 77.3 Å². The summed E-state index contributed by atoms with van der Waals surface area (Å²) in [5.74, 6) is 4.00. The van der Waals surface area contributed by atoms with Gasteiger partial charge < -0.3 is 0 Å². The number of hydrogen-bond acceptors (Lipinski definition) is 6. The summed E-state index contributed by atoms with van der Waals surface area (Å²) in [7, 11) is 0. The van der Waals surface area contributed by atoms with Gasteiger partial charge in [-0.3, -0.25) is 0 Å². The van der Waals surface area contributed by atoms with Gasteiger partial charge in [0.1, 0.15) is 0 Å². The van der Waals surface area contributed by atoms with E-state index < -0.39 is 0 Å². The Morgan fingerprint density at radius 2 is 0.516 bits per heavy atom. The van der Waals surface area contributed by atoms with Crippen molar-refractivity contribution < 1.29 is 0 Å². The minimum Gasteiger partial charge on any atom is -0.208 e. The monoisotopic (exact) mass is 1170 g/mol. The molecule has 2 aromatic heterocycles. The highest BCUT2D eigenvalue weighted by Crippen LogP contribution is 2.46. The first-order valence-corrected chi connectivity index (χ1v) is 31.6. The van der Waals surface area contributed by atoms with Crippen molar-refractivity contribution in [3.05, 3.63) is 286 Å². The molecule has 6 heteroatoms. The largest absolute Gasteiger partial charge is 0.208 e. The lowest BCUT2D eigenvalue weighted by atomic mass is 9.88. The van der Waals surface area contributed by atoms with Gasteiger partial charge in [-0.25, -0.2) is 29.9 Å². The Balaban J connectivity index is 0.809. The van der Waals surface area contributed by atoms with E-state index >= 15 is 0 Å². The molecule has 15 rings (SSSR count). The first-order valence-electron chi connectivity index (χ1n) is 31.6. The van der Waals surface area contributed by atoms with E-state index in [0.29, 0.717) is 34.9 Å². The van der Waals surface area contributed by atoms with E-state index in [9.17, 15) is 0 Å². The molecule has 0 aliphatic rings. The second-order valence-electron chi connectivity index (χ2n) is 25.0. The summed E-state index contributed by atoms with van der Waals surface area (Å²) in [5.41, 5.74) is 23.7. The van der Waals surface area contributed by atoms with Crippen LogP contribution in [0.3, 0.4) is 0 Å². The van der Waals surface area contributed by atoms with Gasteiger partial charge in [0.25, 0.3) is 0 Å². The third-order valence-corrected chi connectivity index (χ3v) is 18.6. The van der Waals surface area contributed by atoms with Crippen LogP contribution in [0, 0.1) is 62.3 Å². The van der Waals surface area contributed by atoms with E-state index in [0.717, 1.165) is 128 Å². The van der Waals surface area contributed by atoms with Crippen LogP contribution < -0.4 is 0 Å². The van der Waals surface area contributed by atoms with Crippen molar-refractivity contribution in [2.75, 3.05) is 0 Å². The number of nitrogens with zero attached hydrogens (tertiary/aromatic N) is 6. The van der Waals surface area contributed by atoms with E-state index in [1.165, 1.54) is 55.1 Å². The molecule has 6 nitrogen and oxygen atoms in total. The Labute approximate surface area is 532 Å². The van der Waals surface area contributed by atoms with Crippen molar-refractivity contribution in [2.24, 2.45) is 0 Å². The molecule has 0 amide bonds. The van der Waals surface area contributed by atoms with Gasteiger partial charge in [0.15, 0.2) is 34.9 Å². The summed E-state index contributed by atoms with van der Waals surface area (Å²) in [6.07, 6.45) is 1.70. The average Bonchev–Trinajstić information content (AvgIpc) is 0.780. The lowest BCUT2D eigenvalue weighted by molar-refractivity contribution is 0.949. The molecule has 91 heavy (non-hydrogen) atoms. The molecular weight excluding hydrogens is 1100 g/mol. The van der Waals surface area contributed by atoms with E-state index in [2.05, 4.69) is 287 Å². The minimum atomic E-state index is 0.651. The van der Waals surface area contributed by atoms with Crippen LogP contribution in [0.25, 0.3) is 144 Å². The summed E-state index contributed by atoms with van der Waals surface area (Å²) in [5, 5.41) is 11.5. The zero-order valence-corrected chi connectivity index (χ0v) is 53.0. The third-order valence-electron chi connectivity index (χ3n) is 18.6. The third kappa shape index (κ3) is 10.1. The summed E-state index contributed by atoms with van der Waals surface area (Å²) in [4.78, 5) is 32.9. The van der Waals surface area contributed by atoms with Crippen LogP contribution in [0.4, 0.5) is 0 Å². The van der Waals surface area contributed by atoms with Gasteiger partial charge >= 0.3 is 0 Å². The van der Waals surface area contributed by atoms with Gasteiger partial charge in [-0.05, 0) is 219 Å². The molecule has 0 bridgehead atoms. The highest BCUT2D eigenvalue weighted by Gasteiger charge is 2.25. The Hall–Kier alpha value is -10.8. The molecule has 0 N–H and O–H groups in total. The number of hydrogen-bond donors (Lipinski definition) is 0. The van der Waals surface area contributed by atoms with Gasteiger partial charge in [0.2, 0.25) is 0 Å². The number of aromatic nitrogens is 6. The maximum Gasteiger partial charge on any atom is 0.165 e. The number of aryl methyl sites for hydroxylation is 11. The van der Waals surface area contributed by atoms with Crippen LogP contribution >= 0.6 is 0 Å². The van der Waals surface area contributed by atoms with Crippen LogP contribution in [0.15, 0.2) is 224 Å². The molecule has 0 fully saturated rings. The second-order valence-corrected chi connectivity index (χ2v) is 25.0. The molecule has 15 aromatic rings. The maximum atomic E-state index is 5.54. The van der Waals surface area contributed by atoms with Gasteiger partial charge in [0.05, 0.1) is 0 Å². The molecule has 13 aromatic carbocycles. The van der Waals surface area contributed by atoms with Crippen molar-refractivity contribution in [3.8, 4) is 90.6 Å². The molecule has 438 valence electrons. The molecule has 0 aliphatic heterocycles. The van der Waals surface area contributed by atoms with Gasteiger partial charge in [0, 0.05) is 33.4 Å². The van der Waals surface area contributed by atoms with E-state index in [-0.39, 0.29) is 0 Å². The van der Waals surface area contributed by atoms with Gasteiger partial charge in [-0.1, -0.05) is 218 Å². The number of benzene rings is 13. The standard InChI is InChI=1S/C85H68N6/c1-49-41-52(4)75(53(5)42-49)83-89-84(91-85(90-83)79-68-37-22-20-35-66(68)78(61-29-14-11-15-30-61)67-36-21-23-38-69(67)79)77-56(8)45-59(46-57(77)9)40-39-58-43-54(6)76(55(7)44-58)82-87-80(86-81(88-82)74-50(2)25-24-26-51(74)3)73-48-72-63-32-17-16-31-62(63)70(60-27-12-10-13-28-60)47-71(72)64-33-18-19-34-65(64)73/h10-38,41-48H,39-40H2,1-9H3. The fourth-order valence-electron chi connectivity index (χ4n) is 14.8. The van der Waals surface area contributed by atoms with E-state index in [4.69, 9.17) is 29.9 Å². The number of rotatable bonds is 11. The van der Waals surface area contributed by atoms with Crippen LogP contribution in [0.1, 0.15) is 61.2 Å². The Morgan fingerprint density at radius 3 is 0.945 bits per heavy atom. The van der Waals surface area contributed by atoms with Crippen molar-refractivity contribution in [1.29, 1.82) is 0 Å². The predicted octanol–water partition coefficient (Wildman–Crippen LogP) is 21.7. The first kappa shape index (κ1) is 56.7. The molecule has 0 radical (unpaired) electrons. The van der Waals surface area contributed by atoms with Gasteiger partial charge in [-0.2, -0.15) is 0 Å². The Kier molecular flexibility index (Phi) is 14.3. The molecule has 0 aliphatic carbocycles. The highest BCUT2D eigenvalue weighted by molar-refractivity contribution is 6.24. The quantitative estimate of drug-likeness (QED) is 0.0949.